The zero-order chi connectivity index (χ0) is 18.0. The van der Waals surface area contributed by atoms with Crippen LogP contribution in [0.2, 0.25) is 0 Å². The zero-order valence-electron chi connectivity index (χ0n) is 15.5. The summed E-state index contributed by atoms with van der Waals surface area (Å²) in [4.78, 5) is 12.6. The van der Waals surface area contributed by atoms with Crippen molar-refractivity contribution in [3.8, 4) is 0 Å². The molecule has 3 rings (SSSR count). The minimum Gasteiger partial charge on any atom is -0.321 e. The van der Waals surface area contributed by atoms with Gasteiger partial charge in [0.1, 0.15) is 0 Å². The van der Waals surface area contributed by atoms with Crippen molar-refractivity contribution in [3.05, 3.63) is 41.2 Å². The molecule has 2 heterocycles. The molecule has 0 bridgehead atoms. The second kappa shape index (κ2) is 6.96. The molecule has 1 saturated heterocycles. The third-order valence-electron chi connectivity index (χ3n) is 4.81. The number of anilines is 1. The lowest BCUT2D eigenvalue weighted by Crippen LogP contribution is -2.30. The van der Waals surface area contributed by atoms with Crippen LogP contribution in [0.5, 0.6) is 0 Å². The van der Waals surface area contributed by atoms with Crippen molar-refractivity contribution >= 4 is 11.6 Å². The molecule has 0 aliphatic carbocycles. The maximum absolute atomic E-state index is 12.6. The number of nitrogens with one attached hydrogen (secondary N) is 2. The summed E-state index contributed by atoms with van der Waals surface area (Å²) in [6, 6.07) is 8.29. The van der Waals surface area contributed by atoms with Gasteiger partial charge >= 0.3 is 0 Å². The van der Waals surface area contributed by atoms with E-state index in [9.17, 15) is 4.79 Å². The Morgan fingerprint density at radius 1 is 1.20 bits per heavy atom. The van der Waals surface area contributed by atoms with Gasteiger partial charge in [-0.3, -0.25) is 4.79 Å². The Balaban J connectivity index is 1.72. The van der Waals surface area contributed by atoms with Crippen LogP contribution in [0.25, 0.3) is 0 Å². The Morgan fingerprint density at radius 3 is 2.44 bits per heavy atom. The zero-order valence-corrected chi connectivity index (χ0v) is 15.5. The van der Waals surface area contributed by atoms with E-state index in [0.717, 1.165) is 37.3 Å². The molecule has 0 spiro atoms. The number of carbonyl (C=O) groups excluding carboxylic acids is 1. The average Bonchev–Trinajstić information content (AvgIpc) is 2.97. The van der Waals surface area contributed by atoms with Crippen LogP contribution >= 0.6 is 0 Å². The second-order valence-corrected chi connectivity index (χ2v) is 7.73. The van der Waals surface area contributed by atoms with Crippen LogP contribution in [0, 0.1) is 6.92 Å². The van der Waals surface area contributed by atoms with Crippen LogP contribution in [0.3, 0.4) is 0 Å². The highest BCUT2D eigenvalue weighted by atomic mass is 16.2. The number of aromatic nitrogens is 3. The minimum atomic E-state index is -0.207. The molecular formula is C19H27N5O. The van der Waals surface area contributed by atoms with Gasteiger partial charge in [-0.25, -0.2) is 4.68 Å². The van der Waals surface area contributed by atoms with E-state index >= 15 is 0 Å². The first-order chi connectivity index (χ1) is 11.9. The van der Waals surface area contributed by atoms with Gasteiger partial charge in [-0.2, -0.15) is 0 Å². The van der Waals surface area contributed by atoms with E-state index < -0.39 is 0 Å². The number of hydrogen-bond acceptors (Lipinski definition) is 4. The fourth-order valence-corrected chi connectivity index (χ4v) is 3.19. The highest BCUT2D eigenvalue weighted by molar-refractivity contribution is 6.03. The summed E-state index contributed by atoms with van der Waals surface area (Å²) in [5, 5.41) is 14.6. The quantitative estimate of drug-likeness (QED) is 0.900. The molecule has 6 nitrogen and oxygen atoms in total. The summed E-state index contributed by atoms with van der Waals surface area (Å²) in [6.45, 7) is 10.4. The topological polar surface area (TPSA) is 71.8 Å². The number of piperidine rings is 1. The molecule has 6 heteroatoms. The first-order valence-electron chi connectivity index (χ1n) is 8.90. The van der Waals surface area contributed by atoms with Crippen molar-refractivity contribution in [3.63, 3.8) is 0 Å². The summed E-state index contributed by atoms with van der Waals surface area (Å²) < 4.78 is 1.90. The van der Waals surface area contributed by atoms with E-state index in [0.29, 0.717) is 11.7 Å². The number of carbonyl (C=O) groups is 1. The van der Waals surface area contributed by atoms with Crippen molar-refractivity contribution in [2.45, 2.75) is 52.0 Å². The van der Waals surface area contributed by atoms with Crippen molar-refractivity contribution in [1.29, 1.82) is 0 Å². The van der Waals surface area contributed by atoms with Gasteiger partial charge in [0.2, 0.25) is 0 Å². The molecule has 134 valence electrons. The summed E-state index contributed by atoms with van der Waals surface area (Å²) >= 11 is 0. The Bertz CT molecular complexity index is 736. The third kappa shape index (κ3) is 3.90. The molecule has 1 aliphatic rings. The van der Waals surface area contributed by atoms with E-state index in [2.05, 4.69) is 41.7 Å². The highest BCUT2D eigenvalue weighted by Gasteiger charge is 2.23. The van der Waals surface area contributed by atoms with E-state index in [1.54, 1.807) is 0 Å². The van der Waals surface area contributed by atoms with E-state index in [1.165, 1.54) is 5.56 Å². The van der Waals surface area contributed by atoms with Crippen LogP contribution in [0.4, 0.5) is 5.69 Å². The third-order valence-corrected chi connectivity index (χ3v) is 4.81. The predicted octanol–water partition coefficient (Wildman–Crippen LogP) is 3.06. The average molecular weight is 341 g/mol. The van der Waals surface area contributed by atoms with Crippen LogP contribution in [-0.2, 0) is 5.41 Å². The highest BCUT2D eigenvalue weighted by Crippen LogP contribution is 2.24. The molecule has 0 atom stereocenters. The maximum Gasteiger partial charge on any atom is 0.278 e. The first-order valence-corrected chi connectivity index (χ1v) is 8.90. The molecule has 25 heavy (non-hydrogen) atoms. The van der Waals surface area contributed by atoms with Crippen LogP contribution in [-0.4, -0.2) is 34.0 Å². The molecule has 1 aliphatic heterocycles. The first kappa shape index (κ1) is 17.6. The van der Waals surface area contributed by atoms with E-state index in [1.807, 2.05) is 35.9 Å². The lowest BCUT2D eigenvalue weighted by Gasteiger charge is -2.23. The lowest BCUT2D eigenvalue weighted by atomic mass is 9.87. The smallest absolute Gasteiger partial charge is 0.278 e. The van der Waals surface area contributed by atoms with Crippen molar-refractivity contribution in [2.24, 2.45) is 0 Å². The summed E-state index contributed by atoms with van der Waals surface area (Å²) in [5.74, 6) is -0.207. The molecule has 2 aromatic rings. The van der Waals surface area contributed by atoms with Crippen molar-refractivity contribution < 1.29 is 4.79 Å². The maximum atomic E-state index is 12.6. The fraction of sp³-hybridized carbons (Fsp3) is 0.526. The van der Waals surface area contributed by atoms with Crippen LogP contribution in [0.1, 0.15) is 61.4 Å². The predicted molar refractivity (Wildman–Crippen MR) is 99.0 cm³/mol. The minimum absolute atomic E-state index is 0.0939. The van der Waals surface area contributed by atoms with E-state index in [4.69, 9.17) is 0 Å². The van der Waals surface area contributed by atoms with Crippen LogP contribution < -0.4 is 10.6 Å². The van der Waals surface area contributed by atoms with Crippen molar-refractivity contribution in [1.82, 2.24) is 20.3 Å². The Morgan fingerprint density at radius 2 is 1.84 bits per heavy atom. The standard InChI is InChI=1S/C19H27N5O/c1-13-17(22-23-24(13)16-9-11-20-12-10-16)18(25)21-15-7-5-14(6-8-15)19(2,3)4/h5-8,16,20H,9-12H2,1-4H3,(H,21,25). The Hall–Kier alpha value is -2.21. The molecule has 0 unspecified atom stereocenters. The van der Waals surface area contributed by atoms with Gasteiger partial charge in [-0.1, -0.05) is 38.1 Å². The molecule has 1 aromatic carbocycles. The molecule has 2 N–H and O–H groups in total. The van der Waals surface area contributed by atoms with Gasteiger partial charge in [0.25, 0.3) is 5.91 Å². The summed E-state index contributed by atoms with van der Waals surface area (Å²) in [5.41, 5.74) is 3.33. The fourth-order valence-electron chi connectivity index (χ4n) is 3.19. The number of benzene rings is 1. The second-order valence-electron chi connectivity index (χ2n) is 7.73. The number of amides is 1. The summed E-state index contributed by atoms with van der Waals surface area (Å²) in [7, 11) is 0. The number of hydrogen-bond donors (Lipinski definition) is 2. The largest absolute Gasteiger partial charge is 0.321 e. The molecule has 0 saturated carbocycles. The number of nitrogens with zero attached hydrogens (tertiary/aromatic N) is 3. The molecule has 1 amide bonds. The SMILES string of the molecule is Cc1c(C(=O)Nc2ccc(C(C)(C)C)cc2)nnn1C1CCNCC1. The van der Waals surface area contributed by atoms with Gasteiger partial charge in [-0.15, -0.1) is 5.10 Å². The van der Waals surface area contributed by atoms with Gasteiger partial charge in [0.05, 0.1) is 11.7 Å². The van der Waals surface area contributed by atoms with Gasteiger partial charge in [-0.05, 0) is 56.0 Å². The van der Waals surface area contributed by atoms with Crippen molar-refractivity contribution in [2.75, 3.05) is 18.4 Å². The molecular weight excluding hydrogens is 314 g/mol. The molecule has 1 aromatic heterocycles. The molecule has 1 fully saturated rings. The lowest BCUT2D eigenvalue weighted by molar-refractivity contribution is 0.102. The Labute approximate surface area is 149 Å². The van der Waals surface area contributed by atoms with Crippen LogP contribution in [0.15, 0.2) is 24.3 Å². The van der Waals surface area contributed by atoms with E-state index in [-0.39, 0.29) is 11.3 Å². The monoisotopic (exact) mass is 341 g/mol. The van der Waals surface area contributed by atoms with Gasteiger partial charge in [0, 0.05) is 5.69 Å². The van der Waals surface area contributed by atoms with Gasteiger partial charge in [0.15, 0.2) is 5.69 Å². The number of rotatable bonds is 3. The molecule has 0 radical (unpaired) electrons. The Kier molecular flexibility index (Phi) is 4.90. The summed E-state index contributed by atoms with van der Waals surface area (Å²) in [6.07, 6.45) is 2.03. The normalized spacial score (nSPS) is 16.0. The van der Waals surface area contributed by atoms with Gasteiger partial charge < -0.3 is 10.6 Å².